The van der Waals surface area contributed by atoms with Crippen LogP contribution >= 0.6 is 11.3 Å². The minimum absolute atomic E-state index is 0.119. The summed E-state index contributed by atoms with van der Waals surface area (Å²) in [6.07, 6.45) is 3.64. The number of hydrogen-bond donors (Lipinski definition) is 1. The molecule has 1 unspecified atom stereocenters. The Kier molecular flexibility index (Phi) is 8.46. The summed E-state index contributed by atoms with van der Waals surface area (Å²) in [5.41, 5.74) is 4.22. The molecule has 3 aromatic rings. The zero-order valence-electron chi connectivity index (χ0n) is 19.7. The number of ether oxygens (including phenoxy) is 2. The Hall–Kier alpha value is -3.00. The molecule has 1 N–H and O–H groups in total. The van der Waals surface area contributed by atoms with Gasteiger partial charge in [0.15, 0.2) is 0 Å². The van der Waals surface area contributed by atoms with Crippen LogP contribution in [0.2, 0.25) is 0 Å². The molecule has 1 aliphatic heterocycles. The third-order valence-corrected chi connectivity index (χ3v) is 6.37. The van der Waals surface area contributed by atoms with Gasteiger partial charge in [0.2, 0.25) is 5.91 Å². The Labute approximate surface area is 205 Å². The second kappa shape index (κ2) is 11.9. The molecule has 1 atom stereocenters. The Morgan fingerprint density at radius 3 is 2.85 bits per heavy atom. The number of carbonyl (C=O) groups excluding carboxylic acids is 1. The van der Waals surface area contributed by atoms with Gasteiger partial charge in [0, 0.05) is 37.6 Å². The van der Waals surface area contributed by atoms with E-state index in [1.807, 2.05) is 42.6 Å². The molecule has 1 saturated heterocycles. The number of nitrogens with one attached hydrogen (secondary N) is 1. The van der Waals surface area contributed by atoms with E-state index in [0.717, 1.165) is 53.8 Å². The summed E-state index contributed by atoms with van der Waals surface area (Å²) in [7, 11) is 0. The fourth-order valence-electron chi connectivity index (χ4n) is 3.86. The second-order valence-electron chi connectivity index (χ2n) is 8.50. The van der Waals surface area contributed by atoms with Gasteiger partial charge in [-0.15, -0.1) is 11.3 Å². The standard InChI is InChI=1S/C27H31N3O3S/c1-20-16-30(12-13-32-20)17-24-5-3-4-23(14-24)15-28-27(31)11-8-22-6-9-26(10-7-22)33-18-25-19-34-21(2)29-25/h3-11,14,19-20H,12-13,15-18H2,1-2H3,(H,28,31)/b11-8+. The van der Waals surface area contributed by atoms with Gasteiger partial charge in [-0.3, -0.25) is 9.69 Å². The van der Waals surface area contributed by atoms with Crippen LogP contribution in [0.1, 0.15) is 34.3 Å². The Balaban J connectivity index is 1.22. The predicted molar refractivity (Wildman–Crippen MR) is 136 cm³/mol. The Morgan fingerprint density at radius 2 is 2.09 bits per heavy atom. The minimum Gasteiger partial charge on any atom is -0.487 e. The maximum atomic E-state index is 12.3. The lowest BCUT2D eigenvalue weighted by Crippen LogP contribution is -2.40. The maximum absolute atomic E-state index is 12.3. The van der Waals surface area contributed by atoms with Gasteiger partial charge in [0.1, 0.15) is 12.4 Å². The van der Waals surface area contributed by atoms with E-state index in [4.69, 9.17) is 9.47 Å². The summed E-state index contributed by atoms with van der Waals surface area (Å²) in [6.45, 7) is 8.63. The quantitative estimate of drug-likeness (QED) is 0.457. The van der Waals surface area contributed by atoms with Gasteiger partial charge in [0.05, 0.1) is 23.4 Å². The average Bonchev–Trinajstić information content (AvgIpc) is 3.26. The number of thiazole rings is 1. The first-order valence-electron chi connectivity index (χ1n) is 11.5. The van der Waals surface area contributed by atoms with E-state index in [1.54, 1.807) is 23.5 Å². The van der Waals surface area contributed by atoms with Crippen LogP contribution in [0, 0.1) is 6.92 Å². The molecule has 2 aromatic carbocycles. The molecule has 0 spiro atoms. The normalized spacial score (nSPS) is 16.6. The van der Waals surface area contributed by atoms with Crippen molar-refractivity contribution in [3.05, 3.63) is 87.4 Å². The van der Waals surface area contributed by atoms with Crippen molar-refractivity contribution in [2.45, 2.75) is 39.6 Å². The molecule has 34 heavy (non-hydrogen) atoms. The number of aryl methyl sites for hydroxylation is 1. The van der Waals surface area contributed by atoms with Crippen LogP contribution in [0.5, 0.6) is 5.75 Å². The number of carbonyl (C=O) groups is 1. The first kappa shape index (κ1) is 24.1. The van der Waals surface area contributed by atoms with Crippen molar-refractivity contribution >= 4 is 23.3 Å². The van der Waals surface area contributed by atoms with Crippen LogP contribution in [0.15, 0.2) is 60.0 Å². The van der Waals surface area contributed by atoms with Crippen molar-refractivity contribution < 1.29 is 14.3 Å². The van der Waals surface area contributed by atoms with E-state index >= 15 is 0 Å². The summed E-state index contributed by atoms with van der Waals surface area (Å²) in [5, 5.41) is 6.01. The van der Waals surface area contributed by atoms with Crippen LogP contribution in [0.4, 0.5) is 0 Å². The number of amides is 1. The molecule has 4 rings (SSSR count). The minimum atomic E-state index is -0.119. The van der Waals surface area contributed by atoms with Gasteiger partial charge in [-0.1, -0.05) is 36.4 Å². The molecule has 0 aliphatic carbocycles. The summed E-state index contributed by atoms with van der Waals surface area (Å²) < 4.78 is 11.4. The van der Waals surface area contributed by atoms with E-state index in [2.05, 4.69) is 40.3 Å². The topological polar surface area (TPSA) is 63.7 Å². The molecule has 1 fully saturated rings. The van der Waals surface area contributed by atoms with Crippen LogP contribution in [0.3, 0.4) is 0 Å². The molecule has 2 heterocycles. The Morgan fingerprint density at radius 1 is 1.26 bits per heavy atom. The first-order valence-corrected chi connectivity index (χ1v) is 12.4. The highest BCUT2D eigenvalue weighted by molar-refractivity contribution is 7.09. The summed E-state index contributed by atoms with van der Waals surface area (Å²) in [5.74, 6) is 0.658. The smallest absolute Gasteiger partial charge is 0.244 e. The lowest BCUT2D eigenvalue weighted by molar-refractivity contribution is -0.116. The van der Waals surface area contributed by atoms with Crippen molar-refractivity contribution in [2.75, 3.05) is 19.7 Å². The fraction of sp³-hybridized carbons (Fsp3) is 0.333. The molecule has 1 aliphatic rings. The van der Waals surface area contributed by atoms with E-state index < -0.39 is 0 Å². The van der Waals surface area contributed by atoms with Crippen molar-refractivity contribution in [1.82, 2.24) is 15.2 Å². The molecule has 7 heteroatoms. The van der Waals surface area contributed by atoms with Crippen LogP contribution in [-0.2, 0) is 29.2 Å². The van der Waals surface area contributed by atoms with Crippen LogP contribution < -0.4 is 10.1 Å². The lowest BCUT2D eigenvalue weighted by atomic mass is 10.1. The molecule has 6 nitrogen and oxygen atoms in total. The molecule has 0 radical (unpaired) electrons. The monoisotopic (exact) mass is 477 g/mol. The maximum Gasteiger partial charge on any atom is 0.244 e. The number of hydrogen-bond acceptors (Lipinski definition) is 6. The van der Waals surface area contributed by atoms with E-state index in [0.29, 0.717) is 13.2 Å². The third kappa shape index (κ3) is 7.52. The number of morpholine rings is 1. The van der Waals surface area contributed by atoms with Gasteiger partial charge in [-0.05, 0) is 48.7 Å². The van der Waals surface area contributed by atoms with Crippen LogP contribution in [-0.4, -0.2) is 41.6 Å². The molecule has 178 valence electrons. The van der Waals surface area contributed by atoms with Crippen molar-refractivity contribution in [3.63, 3.8) is 0 Å². The number of rotatable bonds is 9. The largest absolute Gasteiger partial charge is 0.487 e. The van der Waals surface area contributed by atoms with E-state index in [-0.39, 0.29) is 12.0 Å². The van der Waals surface area contributed by atoms with Crippen molar-refractivity contribution in [2.24, 2.45) is 0 Å². The fourth-order valence-corrected chi connectivity index (χ4v) is 4.45. The van der Waals surface area contributed by atoms with Gasteiger partial charge in [0.25, 0.3) is 0 Å². The zero-order chi connectivity index (χ0) is 23.8. The Bertz CT molecular complexity index is 1110. The number of nitrogens with zero attached hydrogens (tertiary/aromatic N) is 2. The highest BCUT2D eigenvalue weighted by Gasteiger charge is 2.16. The first-order chi connectivity index (χ1) is 16.5. The third-order valence-electron chi connectivity index (χ3n) is 5.55. The second-order valence-corrected chi connectivity index (χ2v) is 9.57. The summed E-state index contributed by atoms with van der Waals surface area (Å²) >= 11 is 1.62. The molecule has 1 amide bonds. The van der Waals surface area contributed by atoms with Gasteiger partial charge >= 0.3 is 0 Å². The molecular weight excluding hydrogens is 446 g/mol. The highest BCUT2D eigenvalue weighted by Crippen LogP contribution is 2.16. The molecule has 1 aromatic heterocycles. The summed E-state index contributed by atoms with van der Waals surface area (Å²) in [4.78, 5) is 19.1. The van der Waals surface area contributed by atoms with Crippen molar-refractivity contribution in [3.8, 4) is 5.75 Å². The van der Waals surface area contributed by atoms with Gasteiger partial charge in [-0.2, -0.15) is 0 Å². The summed E-state index contributed by atoms with van der Waals surface area (Å²) in [6, 6.07) is 16.1. The zero-order valence-corrected chi connectivity index (χ0v) is 20.5. The van der Waals surface area contributed by atoms with E-state index in [1.165, 1.54) is 5.56 Å². The number of benzene rings is 2. The van der Waals surface area contributed by atoms with E-state index in [9.17, 15) is 4.79 Å². The molecular formula is C27H31N3O3S. The number of aromatic nitrogens is 1. The average molecular weight is 478 g/mol. The lowest BCUT2D eigenvalue weighted by Gasteiger charge is -2.31. The molecule has 0 bridgehead atoms. The highest BCUT2D eigenvalue weighted by atomic mass is 32.1. The van der Waals surface area contributed by atoms with Gasteiger partial charge < -0.3 is 14.8 Å². The van der Waals surface area contributed by atoms with Gasteiger partial charge in [-0.25, -0.2) is 4.98 Å². The van der Waals surface area contributed by atoms with Crippen LogP contribution in [0.25, 0.3) is 6.08 Å². The van der Waals surface area contributed by atoms with Crippen molar-refractivity contribution in [1.29, 1.82) is 0 Å². The molecule has 0 saturated carbocycles. The predicted octanol–water partition coefficient (Wildman–Crippen LogP) is 4.58. The SMILES string of the molecule is Cc1nc(COc2ccc(/C=C/C(=O)NCc3cccc(CN4CCOC(C)C4)c3)cc2)cs1.